The summed E-state index contributed by atoms with van der Waals surface area (Å²) in [5.41, 5.74) is 2.72. The molecule has 50 heavy (non-hydrogen) atoms. The summed E-state index contributed by atoms with van der Waals surface area (Å²) in [6.07, 6.45) is -0.306. The number of hydrogen-bond acceptors (Lipinski definition) is 9. The van der Waals surface area contributed by atoms with E-state index in [0.29, 0.717) is 41.2 Å². The summed E-state index contributed by atoms with van der Waals surface area (Å²) >= 11 is 0. The van der Waals surface area contributed by atoms with Gasteiger partial charge in [-0.15, -0.1) is 0 Å². The first-order chi connectivity index (χ1) is 24.0. The average Bonchev–Trinajstić information content (AvgIpc) is 3.80. The summed E-state index contributed by atoms with van der Waals surface area (Å²) in [7, 11) is -2.66. The molecule has 12 nitrogen and oxygen atoms in total. The van der Waals surface area contributed by atoms with Crippen LogP contribution in [0.25, 0.3) is 11.6 Å². The van der Waals surface area contributed by atoms with Crippen molar-refractivity contribution >= 4 is 39.4 Å². The molecule has 3 aliphatic heterocycles. The average molecular weight is 706 g/mol. The van der Waals surface area contributed by atoms with Crippen molar-refractivity contribution in [2.24, 2.45) is 11.8 Å². The van der Waals surface area contributed by atoms with Crippen LogP contribution in [0.4, 0.5) is 10.5 Å². The fourth-order valence-electron chi connectivity index (χ4n) is 6.60. The Kier molecular flexibility index (Phi) is 10.9. The molecular formula is C37H43N3O9S. The van der Waals surface area contributed by atoms with E-state index in [1.807, 2.05) is 56.3 Å². The molecule has 0 aromatic heterocycles. The highest BCUT2D eigenvalue weighted by atomic mass is 32.2. The van der Waals surface area contributed by atoms with Crippen LogP contribution < -0.4 is 15.4 Å². The monoisotopic (exact) mass is 705 g/mol. The van der Waals surface area contributed by atoms with Gasteiger partial charge in [-0.3, -0.25) is 4.79 Å². The molecule has 0 unspecified atom stereocenters. The van der Waals surface area contributed by atoms with Gasteiger partial charge in [0.05, 0.1) is 43.3 Å². The summed E-state index contributed by atoms with van der Waals surface area (Å²) in [5.74, 6) is 0.0488. The largest absolute Gasteiger partial charge is 0.496 e. The van der Waals surface area contributed by atoms with Crippen molar-refractivity contribution in [1.82, 2.24) is 9.62 Å². The lowest BCUT2D eigenvalue weighted by Gasteiger charge is -2.31. The Morgan fingerprint density at radius 3 is 2.60 bits per heavy atom. The zero-order chi connectivity index (χ0) is 35.4. The lowest BCUT2D eigenvalue weighted by molar-refractivity contribution is -0.110. The second-order valence-electron chi connectivity index (χ2n) is 13.2. The number of alkyl carbamates (subject to hydrolysis) is 1. The van der Waals surface area contributed by atoms with Gasteiger partial charge in [-0.2, -0.15) is 4.31 Å². The minimum Gasteiger partial charge on any atom is -0.496 e. The van der Waals surface area contributed by atoms with Crippen molar-refractivity contribution in [3.05, 3.63) is 89.5 Å². The number of aliphatic hydroxyl groups is 1. The van der Waals surface area contributed by atoms with Crippen LogP contribution in [0.5, 0.6) is 5.75 Å². The van der Waals surface area contributed by atoms with Crippen molar-refractivity contribution in [2.45, 2.75) is 56.1 Å². The van der Waals surface area contributed by atoms with Crippen molar-refractivity contribution in [2.75, 3.05) is 38.7 Å². The van der Waals surface area contributed by atoms with E-state index >= 15 is 0 Å². The Hall–Kier alpha value is -4.27. The lowest BCUT2D eigenvalue weighted by atomic mass is 10.0. The normalized spacial score (nSPS) is 21.9. The van der Waals surface area contributed by atoms with Crippen LogP contribution in [-0.2, 0) is 35.4 Å². The van der Waals surface area contributed by atoms with Crippen LogP contribution >= 0.6 is 0 Å². The maximum atomic E-state index is 14.3. The van der Waals surface area contributed by atoms with Crippen LogP contribution in [0.15, 0.2) is 77.7 Å². The van der Waals surface area contributed by atoms with E-state index in [4.69, 9.17) is 18.9 Å². The number of nitrogens with zero attached hydrogens (tertiary/aromatic N) is 1. The zero-order valence-electron chi connectivity index (χ0n) is 28.3. The Bertz CT molecular complexity index is 1830. The second-order valence-corrected chi connectivity index (χ2v) is 15.1. The van der Waals surface area contributed by atoms with Gasteiger partial charge in [0.2, 0.25) is 10.0 Å². The van der Waals surface area contributed by atoms with Crippen molar-refractivity contribution in [1.29, 1.82) is 0 Å². The van der Waals surface area contributed by atoms with Gasteiger partial charge in [0.1, 0.15) is 11.9 Å². The predicted octanol–water partition coefficient (Wildman–Crippen LogP) is 4.29. The molecule has 3 aromatic carbocycles. The fourth-order valence-corrected chi connectivity index (χ4v) is 8.25. The molecule has 2 fully saturated rings. The van der Waals surface area contributed by atoms with Gasteiger partial charge in [-0.1, -0.05) is 62.4 Å². The summed E-state index contributed by atoms with van der Waals surface area (Å²) in [6.45, 7) is 4.31. The van der Waals surface area contributed by atoms with Crippen LogP contribution in [0.3, 0.4) is 0 Å². The number of anilines is 1. The Morgan fingerprint density at radius 2 is 1.84 bits per heavy atom. The lowest BCUT2D eigenvalue weighted by Crippen LogP contribution is -2.51. The Balaban J connectivity index is 1.25. The van der Waals surface area contributed by atoms with Crippen LogP contribution in [0.2, 0.25) is 0 Å². The van der Waals surface area contributed by atoms with E-state index in [1.165, 1.54) is 23.5 Å². The number of carbonyl (C=O) groups excluding carboxylic acids is 2. The molecule has 3 aliphatic rings. The topological polar surface area (TPSA) is 153 Å². The zero-order valence-corrected chi connectivity index (χ0v) is 29.1. The highest BCUT2D eigenvalue weighted by Gasteiger charge is 2.44. The van der Waals surface area contributed by atoms with Crippen LogP contribution in [-0.4, -0.2) is 87.8 Å². The molecule has 0 bridgehead atoms. The molecule has 3 aromatic rings. The van der Waals surface area contributed by atoms with E-state index in [0.717, 1.165) is 5.56 Å². The summed E-state index contributed by atoms with van der Waals surface area (Å²) in [4.78, 5) is 26.2. The number of nitrogens with one attached hydrogen (secondary N) is 2. The molecule has 6 rings (SSSR count). The summed E-state index contributed by atoms with van der Waals surface area (Å²) in [5, 5.41) is 17.3. The summed E-state index contributed by atoms with van der Waals surface area (Å²) < 4.78 is 52.2. The van der Waals surface area contributed by atoms with Crippen LogP contribution in [0.1, 0.15) is 37.0 Å². The standard InChI is InChI=1S/C37H43N3O9S/c1-23(2)20-40(50(44,45)26-13-14-30-28(19-26)29(35(42)38-30)18-25-11-7-8-12-33(25)46-3)21-32(41)31(17-24-9-5-4-6-10-24)39-37(43)49-34-22-48-36-27(34)15-16-47-36/h4-14,18-19,23,27,31-32,34,36,41H,15-17,20-22H2,1-3H3,(H,38,42)(H,39,43)/b29-18-/t27-,31-,32+,34-,36+/m0/s1. The van der Waals surface area contributed by atoms with Gasteiger partial charge >= 0.3 is 6.09 Å². The van der Waals surface area contributed by atoms with E-state index in [1.54, 1.807) is 24.3 Å². The number of ether oxygens (including phenoxy) is 4. The molecule has 2 saturated heterocycles. The molecule has 3 heterocycles. The van der Waals surface area contributed by atoms with Gasteiger partial charge in [0.15, 0.2) is 6.29 Å². The van der Waals surface area contributed by atoms with Gasteiger partial charge in [0, 0.05) is 35.5 Å². The van der Waals surface area contributed by atoms with Gasteiger partial charge in [0.25, 0.3) is 5.91 Å². The molecule has 0 aliphatic carbocycles. The number of carbonyl (C=O) groups is 2. The van der Waals surface area contributed by atoms with Crippen molar-refractivity contribution < 1.29 is 42.1 Å². The molecule has 0 saturated carbocycles. The number of para-hydroxylation sites is 1. The number of fused-ring (bicyclic) bond motifs is 2. The van der Waals surface area contributed by atoms with E-state index in [9.17, 15) is 23.1 Å². The van der Waals surface area contributed by atoms with E-state index in [-0.39, 0.29) is 48.8 Å². The van der Waals surface area contributed by atoms with Gasteiger partial charge in [-0.05, 0) is 54.7 Å². The molecule has 0 radical (unpaired) electrons. The molecular weight excluding hydrogens is 662 g/mol. The molecule has 5 atom stereocenters. The molecule has 13 heteroatoms. The van der Waals surface area contributed by atoms with Gasteiger partial charge < -0.3 is 34.7 Å². The fraction of sp³-hybridized carbons (Fsp3) is 0.405. The molecule has 266 valence electrons. The number of benzene rings is 3. The predicted molar refractivity (Wildman–Crippen MR) is 187 cm³/mol. The number of hydrogen-bond donors (Lipinski definition) is 3. The van der Waals surface area contributed by atoms with Crippen molar-refractivity contribution in [3.63, 3.8) is 0 Å². The number of sulfonamides is 1. The molecule has 2 amide bonds. The maximum Gasteiger partial charge on any atom is 0.407 e. The first-order valence-corrected chi connectivity index (χ1v) is 18.2. The molecule has 3 N–H and O–H groups in total. The van der Waals surface area contributed by atoms with Gasteiger partial charge in [-0.25, -0.2) is 13.2 Å². The highest BCUT2D eigenvalue weighted by molar-refractivity contribution is 7.89. The van der Waals surface area contributed by atoms with Crippen LogP contribution in [0, 0.1) is 11.8 Å². The number of rotatable bonds is 13. The number of methoxy groups -OCH3 is 1. The van der Waals surface area contributed by atoms with E-state index in [2.05, 4.69) is 10.6 Å². The minimum atomic E-state index is -4.19. The Morgan fingerprint density at radius 1 is 1.08 bits per heavy atom. The summed E-state index contributed by atoms with van der Waals surface area (Å²) in [6, 6.07) is 20.1. The Labute approximate surface area is 292 Å². The quantitative estimate of drug-likeness (QED) is 0.221. The molecule has 0 spiro atoms. The number of amides is 2. The first-order valence-electron chi connectivity index (χ1n) is 16.8. The highest BCUT2D eigenvalue weighted by Crippen LogP contribution is 2.37. The number of aliphatic hydroxyl groups excluding tert-OH is 1. The maximum absolute atomic E-state index is 14.3. The SMILES string of the molecule is COc1ccccc1/C=C1\C(=O)Nc2ccc(S(=O)(=O)N(CC(C)C)C[C@@H](O)[C@H](Cc3ccccc3)NC(=O)O[C@H]3CO[C@H]4OCC[C@H]43)cc21. The smallest absolute Gasteiger partial charge is 0.407 e. The second kappa shape index (κ2) is 15.3. The third-order valence-electron chi connectivity index (χ3n) is 9.12. The van der Waals surface area contributed by atoms with E-state index < -0.39 is 40.7 Å². The third-order valence-corrected chi connectivity index (χ3v) is 10.9. The third kappa shape index (κ3) is 7.87. The van der Waals surface area contributed by atoms with Crippen molar-refractivity contribution in [3.8, 4) is 5.75 Å². The minimum absolute atomic E-state index is 0.0342. The first kappa shape index (κ1) is 35.6.